The van der Waals surface area contributed by atoms with Crippen molar-refractivity contribution in [3.05, 3.63) is 77.4 Å². The van der Waals surface area contributed by atoms with E-state index in [0.717, 1.165) is 25.7 Å². The van der Waals surface area contributed by atoms with E-state index in [0.29, 0.717) is 11.7 Å². The Hall–Kier alpha value is -2.41. The quantitative estimate of drug-likeness (QED) is 0.273. The van der Waals surface area contributed by atoms with Crippen LogP contribution in [0.3, 0.4) is 0 Å². The number of carbonyl (C=O) groups excluding carboxylic acids is 1. The van der Waals surface area contributed by atoms with E-state index in [1.807, 2.05) is 6.08 Å². The van der Waals surface area contributed by atoms with Crippen LogP contribution in [0.25, 0.3) is 16.7 Å². The Labute approximate surface area is 195 Å². The lowest BCUT2D eigenvalue weighted by Gasteiger charge is -2.26. The van der Waals surface area contributed by atoms with E-state index in [2.05, 4.69) is 82.3 Å². The van der Waals surface area contributed by atoms with Crippen molar-refractivity contribution in [3.8, 4) is 11.1 Å². The molecule has 0 amide bonds. The molecule has 170 valence electrons. The van der Waals surface area contributed by atoms with Crippen LogP contribution >= 0.6 is 0 Å². The predicted molar refractivity (Wildman–Crippen MR) is 139 cm³/mol. The summed E-state index contributed by atoms with van der Waals surface area (Å²) < 4.78 is 0. The van der Waals surface area contributed by atoms with Gasteiger partial charge in [-0.05, 0) is 92.2 Å². The van der Waals surface area contributed by atoms with Crippen LogP contribution < -0.4 is 0 Å². The van der Waals surface area contributed by atoms with Crippen molar-refractivity contribution in [3.63, 3.8) is 0 Å². The maximum atomic E-state index is 12.8. The van der Waals surface area contributed by atoms with Crippen LogP contribution in [0.5, 0.6) is 0 Å². The smallest absolute Gasteiger partial charge is 0.159 e. The van der Waals surface area contributed by atoms with Crippen LogP contribution in [-0.4, -0.2) is 5.78 Å². The molecule has 0 radical (unpaired) electrons. The second-order valence-electron chi connectivity index (χ2n) is 9.78. The van der Waals surface area contributed by atoms with Gasteiger partial charge in [0, 0.05) is 5.92 Å². The summed E-state index contributed by atoms with van der Waals surface area (Å²) in [5.41, 5.74) is 7.67. The van der Waals surface area contributed by atoms with Crippen molar-refractivity contribution >= 4 is 11.4 Å². The normalized spacial score (nSPS) is 17.1. The molecule has 2 atom stereocenters. The van der Waals surface area contributed by atoms with Gasteiger partial charge in [-0.2, -0.15) is 0 Å². The highest BCUT2D eigenvalue weighted by Gasteiger charge is 2.27. The summed E-state index contributed by atoms with van der Waals surface area (Å²) in [7, 11) is 0. The number of ketones is 1. The lowest BCUT2D eigenvalue weighted by molar-refractivity contribution is -0.120. The van der Waals surface area contributed by atoms with Gasteiger partial charge in [0.05, 0.1) is 0 Å². The molecule has 0 saturated heterocycles. The molecule has 2 aromatic rings. The molecule has 1 nitrogen and oxygen atoms in total. The number of benzene rings is 2. The molecule has 0 fully saturated rings. The summed E-state index contributed by atoms with van der Waals surface area (Å²) in [6.45, 7) is 8.77. The summed E-state index contributed by atoms with van der Waals surface area (Å²) in [5.74, 6) is 0.946. The number of allylic oxidation sites excluding steroid dienone is 4. The Morgan fingerprint density at radius 1 is 0.969 bits per heavy atom. The molecule has 0 bridgehead atoms. The minimum Gasteiger partial charge on any atom is -0.295 e. The molecule has 3 rings (SSSR count). The van der Waals surface area contributed by atoms with Gasteiger partial charge in [-0.25, -0.2) is 0 Å². The first-order valence-electron chi connectivity index (χ1n) is 12.6. The fraction of sp³-hybridized carbons (Fsp3) is 0.452. The van der Waals surface area contributed by atoms with E-state index >= 15 is 0 Å². The van der Waals surface area contributed by atoms with Gasteiger partial charge in [0.2, 0.25) is 0 Å². The van der Waals surface area contributed by atoms with E-state index in [1.165, 1.54) is 59.1 Å². The Morgan fingerprint density at radius 3 is 2.19 bits per heavy atom. The first-order chi connectivity index (χ1) is 15.5. The first-order valence-corrected chi connectivity index (χ1v) is 12.6. The second-order valence-corrected chi connectivity index (χ2v) is 9.78. The van der Waals surface area contributed by atoms with Crippen molar-refractivity contribution < 1.29 is 4.79 Å². The van der Waals surface area contributed by atoms with Gasteiger partial charge in [-0.1, -0.05) is 86.9 Å². The summed E-state index contributed by atoms with van der Waals surface area (Å²) in [6.07, 6.45) is 13.4. The lowest BCUT2D eigenvalue weighted by atomic mass is 9.77. The van der Waals surface area contributed by atoms with Crippen LogP contribution in [0.4, 0.5) is 0 Å². The number of rotatable bonds is 10. The molecule has 0 spiro atoms. The van der Waals surface area contributed by atoms with Gasteiger partial charge >= 0.3 is 0 Å². The van der Waals surface area contributed by atoms with Crippen molar-refractivity contribution in [2.75, 3.05) is 0 Å². The lowest BCUT2D eigenvalue weighted by Crippen LogP contribution is -2.23. The molecular weight excluding hydrogens is 388 g/mol. The monoisotopic (exact) mass is 428 g/mol. The van der Waals surface area contributed by atoms with Crippen LogP contribution in [0.15, 0.2) is 66.3 Å². The molecule has 0 N–H and O–H groups in total. The number of hydrogen-bond acceptors (Lipinski definition) is 1. The van der Waals surface area contributed by atoms with Gasteiger partial charge in [-0.3, -0.25) is 4.79 Å². The Balaban J connectivity index is 1.61. The number of carbonyl (C=O) groups is 1. The SMILES string of the molecule is CCCCCc1ccc(-c2ccc(C3=CC(=O)C(C(C)CCC=C(C)C)CC3)cc2)cc1. The fourth-order valence-electron chi connectivity index (χ4n) is 4.75. The van der Waals surface area contributed by atoms with Crippen molar-refractivity contribution in [1.29, 1.82) is 0 Å². The molecule has 1 aliphatic carbocycles. The van der Waals surface area contributed by atoms with Gasteiger partial charge in [-0.15, -0.1) is 0 Å². The van der Waals surface area contributed by atoms with Crippen molar-refractivity contribution in [1.82, 2.24) is 0 Å². The molecule has 0 saturated carbocycles. The minimum atomic E-state index is 0.180. The number of aryl methyl sites for hydroxylation is 1. The van der Waals surface area contributed by atoms with E-state index < -0.39 is 0 Å². The third-order valence-electron chi connectivity index (χ3n) is 6.88. The van der Waals surface area contributed by atoms with Gasteiger partial charge in [0.25, 0.3) is 0 Å². The largest absolute Gasteiger partial charge is 0.295 e. The zero-order valence-corrected chi connectivity index (χ0v) is 20.5. The molecule has 0 aromatic heterocycles. The minimum absolute atomic E-state index is 0.180. The Morgan fingerprint density at radius 2 is 1.59 bits per heavy atom. The first kappa shape index (κ1) is 24.2. The average molecular weight is 429 g/mol. The van der Waals surface area contributed by atoms with Crippen molar-refractivity contribution in [2.24, 2.45) is 11.8 Å². The number of unbranched alkanes of at least 4 members (excludes halogenated alkanes) is 2. The van der Waals surface area contributed by atoms with Gasteiger partial charge in [0.1, 0.15) is 0 Å². The van der Waals surface area contributed by atoms with E-state index in [-0.39, 0.29) is 5.92 Å². The van der Waals surface area contributed by atoms with Crippen molar-refractivity contribution in [2.45, 2.75) is 79.1 Å². The summed E-state index contributed by atoms with van der Waals surface area (Å²) in [6, 6.07) is 17.8. The average Bonchev–Trinajstić information content (AvgIpc) is 2.79. The molecule has 32 heavy (non-hydrogen) atoms. The zero-order chi connectivity index (χ0) is 22.9. The van der Waals surface area contributed by atoms with Gasteiger partial charge < -0.3 is 0 Å². The standard InChI is InChI=1S/C31H40O/c1-5-6-7-11-25-12-14-26(15-13-25)27-16-18-28(19-17-27)29-20-21-30(31(32)22-29)24(4)10-8-9-23(2)3/h9,12-19,22,24,30H,5-8,10-11,20-21H2,1-4H3. The molecule has 1 aliphatic rings. The third-order valence-corrected chi connectivity index (χ3v) is 6.88. The molecule has 0 heterocycles. The highest BCUT2D eigenvalue weighted by Crippen LogP contribution is 2.34. The van der Waals surface area contributed by atoms with E-state index in [9.17, 15) is 4.79 Å². The molecule has 1 heteroatoms. The number of hydrogen-bond donors (Lipinski definition) is 0. The van der Waals surface area contributed by atoms with Crippen LogP contribution in [0, 0.1) is 11.8 Å². The molecule has 0 aliphatic heterocycles. The Bertz CT molecular complexity index is 923. The maximum Gasteiger partial charge on any atom is 0.159 e. The fourth-order valence-corrected chi connectivity index (χ4v) is 4.75. The summed E-state index contributed by atoms with van der Waals surface area (Å²) in [4.78, 5) is 12.8. The van der Waals surface area contributed by atoms with E-state index in [4.69, 9.17) is 0 Å². The predicted octanol–water partition coefficient (Wildman–Crippen LogP) is 8.83. The molecule has 2 unspecified atom stereocenters. The molecule has 2 aromatic carbocycles. The molecular formula is C31H40O. The van der Waals surface area contributed by atoms with Crippen LogP contribution in [-0.2, 0) is 11.2 Å². The highest BCUT2D eigenvalue weighted by atomic mass is 16.1. The Kier molecular flexibility index (Phi) is 9.09. The topological polar surface area (TPSA) is 17.1 Å². The second kappa shape index (κ2) is 12.0. The van der Waals surface area contributed by atoms with Gasteiger partial charge in [0.15, 0.2) is 5.78 Å². The summed E-state index contributed by atoms with van der Waals surface area (Å²) in [5, 5.41) is 0. The van der Waals surface area contributed by atoms with Crippen LogP contribution in [0.1, 0.15) is 83.8 Å². The van der Waals surface area contributed by atoms with Crippen LogP contribution in [0.2, 0.25) is 0 Å². The summed E-state index contributed by atoms with van der Waals surface area (Å²) >= 11 is 0. The zero-order valence-electron chi connectivity index (χ0n) is 20.5. The third kappa shape index (κ3) is 6.79. The van der Waals surface area contributed by atoms with E-state index in [1.54, 1.807) is 0 Å². The highest BCUT2D eigenvalue weighted by molar-refractivity contribution is 6.00. The maximum absolute atomic E-state index is 12.8.